The molecular weight excluding hydrogens is 242 g/mol. The van der Waals surface area contributed by atoms with Crippen molar-refractivity contribution in [1.82, 2.24) is 4.90 Å². The Hall–Kier alpha value is -1.39. The fourth-order valence-electron chi connectivity index (χ4n) is 3.01. The third-order valence-electron chi connectivity index (χ3n) is 4.03. The predicted molar refractivity (Wildman–Crippen MR) is 70.7 cm³/mol. The van der Waals surface area contributed by atoms with Crippen LogP contribution in [0.25, 0.3) is 0 Å². The molecule has 0 N–H and O–H groups in total. The Morgan fingerprint density at radius 2 is 2.11 bits per heavy atom. The summed E-state index contributed by atoms with van der Waals surface area (Å²) < 4.78 is 11.0. The number of hydrogen-bond donors (Lipinski definition) is 0. The van der Waals surface area contributed by atoms with Crippen molar-refractivity contribution in [2.75, 3.05) is 19.8 Å². The van der Waals surface area contributed by atoms with E-state index in [2.05, 4.69) is 19.1 Å². The molecule has 0 bridgehead atoms. The summed E-state index contributed by atoms with van der Waals surface area (Å²) in [5.41, 5.74) is 1.17. The maximum Gasteiger partial charge on any atom is 0.249 e. The fraction of sp³-hybridized carbons (Fsp3) is 0.533. The molecule has 4 nitrogen and oxygen atoms in total. The number of rotatable bonds is 2. The summed E-state index contributed by atoms with van der Waals surface area (Å²) in [6.07, 6.45) is 0.880. The largest absolute Gasteiger partial charge is 0.379 e. The molecule has 2 saturated heterocycles. The first-order valence-corrected chi connectivity index (χ1v) is 6.83. The highest BCUT2D eigenvalue weighted by Gasteiger charge is 2.41. The van der Waals surface area contributed by atoms with Crippen molar-refractivity contribution in [2.45, 2.75) is 31.5 Å². The van der Waals surface area contributed by atoms with E-state index in [-0.39, 0.29) is 30.7 Å². The summed E-state index contributed by atoms with van der Waals surface area (Å²) in [4.78, 5) is 14.2. The molecule has 2 heterocycles. The molecule has 0 saturated carbocycles. The first-order valence-electron chi connectivity index (χ1n) is 6.83. The van der Waals surface area contributed by atoms with Gasteiger partial charge >= 0.3 is 0 Å². The lowest BCUT2D eigenvalue weighted by molar-refractivity contribution is -0.176. The van der Waals surface area contributed by atoms with Crippen LogP contribution in [0.15, 0.2) is 30.3 Å². The van der Waals surface area contributed by atoms with Crippen LogP contribution in [-0.2, 0) is 14.3 Å². The highest BCUT2D eigenvalue weighted by Crippen LogP contribution is 2.30. The van der Waals surface area contributed by atoms with Crippen LogP contribution in [0.5, 0.6) is 0 Å². The molecule has 0 aliphatic carbocycles. The van der Waals surface area contributed by atoms with Crippen molar-refractivity contribution in [3.05, 3.63) is 35.9 Å². The van der Waals surface area contributed by atoms with Crippen molar-refractivity contribution in [1.29, 1.82) is 0 Å². The highest BCUT2D eigenvalue weighted by atomic mass is 16.5. The van der Waals surface area contributed by atoms with E-state index < -0.39 is 0 Å². The number of hydrogen-bond acceptors (Lipinski definition) is 3. The van der Waals surface area contributed by atoms with Crippen LogP contribution >= 0.6 is 0 Å². The van der Waals surface area contributed by atoms with Crippen LogP contribution in [0.1, 0.15) is 24.9 Å². The molecule has 3 rings (SSSR count). The number of amides is 1. The lowest BCUT2D eigenvalue weighted by Crippen LogP contribution is -2.58. The standard InChI is InChI=1S/C15H19NO3/c1-11(12-5-3-2-4-6-12)16-13-7-8-18-9-14(13)19-10-15(16)17/h2-6,11,13-14H,7-10H2,1H3/t11-,13?,14?/m0/s1. The molecule has 1 aromatic carbocycles. The number of carbonyl (C=O) groups is 1. The molecule has 2 unspecified atom stereocenters. The Morgan fingerprint density at radius 1 is 1.32 bits per heavy atom. The normalized spacial score (nSPS) is 28.9. The summed E-state index contributed by atoms with van der Waals surface area (Å²) in [5, 5.41) is 0. The van der Waals surface area contributed by atoms with Gasteiger partial charge in [0.15, 0.2) is 0 Å². The summed E-state index contributed by atoms with van der Waals surface area (Å²) in [6.45, 7) is 3.55. The first kappa shape index (κ1) is 12.6. The van der Waals surface area contributed by atoms with E-state index in [1.54, 1.807) is 0 Å². The zero-order chi connectivity index (χ0) is 13.2. The summed E-state index contributed by atoms with van der Waals surface area (Å²) >= 11 is 0. The lowest BCUT2D eigenvalue weighted by Gasteiger charge is -2.46. The topological polar surface area (TPSA) is 38.8 Å². The first-order chi connectivity index (χ1) is 9.27. The van der Waals surface area contributed by atoms with Crippen molar-refractivity contribution in [3.63, 3.8) is 0 Å². The molecule has 2 aliphatic rings. The SMILES string of the molecule is C[C@@H](c1ccccc1)N1C(=O)COC2COCCC21. The van der Waals surface area contributed by atoms with Gasteiger partial charge in [-0.1, -0.05) is 30.3 Å². The third-order valence-corrected chi connectivity index (χ3v) is 4.03. The third kappa shape index (κ3) is 2.38. The molecule has 2 aliphatic heterocycles. The van der Waals surface area contributed by atoms with E-state index in [9.17, 15) is 4.79 Å². The van der Waals surface area contributed by atoms with Gasteiger partial charge in [0.05, 0.1) is 18.7 Å². The van der Waals surface area contributed by atoms with Crippen molar-refractivity contribution in [2.24, 2.45) is 0 Å². The molecule has 0 aromatic heterocycles. The maximum atomic E-state index is 12.2. The van der Waals surface area contributed by atoms with Crippen LogP contribution in [-0.4, -0.2) is 42.8 Å². The number of carbonyl (C=O) groups excluding carboxylic acids is 1. The minimum atomic E-state index is 0.0256. The van der Waals surface area contributed by atoms with E-state index in [4.69, 9.17) is 9.47 Å². The summed E-state index contributed by atoms with van der Waals surface area (Å²) in [5.74, 6) is 0.0829. The molecule has 1 amide bonds. The van der Waals surface area contributed by atoms with E-state index in [1.165, 1.54) is 5.56 Å². The highest BCUT2D eigenvalue weighted by molar-refractivity contribution is 5.79. The Kier molecular flexibility index (Phi) is 3.53. The van der Waals surface area contributed by atoms with E-state index >= 15 is 0 Å². The van der Waals surface area contributed by atoms with Gasteiger partial charge in [0.25, 0.3) is 0 Å². The lowest BCUT2D eigenvalue weighted by atomic mass is 9.97. The molecule has 3 atom stereocenters. The average Bonchev–Trinajstić information content (AvgIpc) is 2.47. The number of ether oxygens (including phenoxy) is 2. The number of benzene rings is 1. The number of morpholine rings is 1. The summed E-state index contributed by atoms with van der Waals surface area (Å²) in [7, 11) is 0. The zero-order valence-corrected chi connectivity index (χ0v) is 11.1. The van der Waals surface area contributed by atoms with Gasteiger partial charge in [-0.05, 0) is 18.9 Å². The van der Waals surface area contributed by atoms with Crippen LogP contribution < -0.4 is 0 Å². The fourth-order valence-corrected chi connectivity index (χ4v) is 3.01. The second-order valence-corrected chi connectivity index (χ2v) is 5.17. The van der Waals surface area contributed by atoms with E-state index in [1.807, 2.05) is 23.1 Å². The van der Waals surface area contributed by atoms with Gasteiger partial charge in [0, 0.05) is 6.61 Å². The average molecular weight is 261 g/mol. The van der Waals surface area contributed by atoms with E-state index in [0.29, 0.717) is 13.2 Å². The monoisotopic (exact) mass is 261 g/mol. The van der Waals surface area contributed by atoms with Gasteiger partial charge in [-0.15, -0.1) is 0 Å². The van der Waals surface area contributed by atoms with Crippen molar-refractivity contribution in [3.8, 4) is 0 Å². The van der Waals surface area contributed by atoms with E-state index in [0.717, 1.165) is 6.42 Å². The minimum Gasteiger partial charge on any atom is -0.379 e. The van der Waals surface area contributed by atoms with Gasteiger partial charge in [-0.25, -0.2) is 0 Å². The zero-order valence-electron chi connectivity index (χ0n) is 11.1. The van der Waals surface area contributed by atoms with Gasteiger partial charge < -0.3 is 14.4 Å². The predicted octanol–water partition coefficient (Wildman–Crippen LogP) is 1.76. The van der Waals surface area contributed by atoms with Gasteiger partial charge in [0.2, 0.25) is 5.91 Å². The Morgan fingerprint density at radius 3 is 2.89 bits per heavy atom. The van der Waals surface area contributed by atoms with Gasteiger partial charge in [0.1, 0.15) is 12.7 Å². The van der Waals surface area contributed by atoms with Crippen molar-refractivity contribution >= 4 is 5.91 Å². The molecule has 2 fully saturated rings. The minimum absolute atomic E-state index is 0.0256. The Labute approximate surface area is 113 Å². The van der Waals surface area contributed by atoms with Crippen LogP contribution in [0.4, 0.5) is 0 Å². The molecule has 19 heavy (non-hydrogen) atoms. The van der Waals surface area contributed by atoms with Crippen LogP contribution in [0.2, 0.25) is 0 Å². The molecule has 1 aromatic rings. The maximum absolute atomic E-state index is 12.2. The van der Waals surface area contributed by atoms with Gasteiger partial charge in [-0.3, -0.25) is 4.79 Å². The second-order valence-electron chi connectivity index (χ2n) is 5.17. The van der Waals surface area contributed by atoms with Gasteiger partial charge in [-0.2, -0.15) is 0 Å². The second kappa shape index (κ2) is 5.31. The molecule has 0 spiro atoms. The Balaban J connectivity index is 1.85. The van der Waals surface area contributed by atoms with Crippen LogP contribution in [0, 0.1) is 0 Å². The molecule has 0 radical (unpaired) electrons. The number of fused-ring (bicyclic) bond motifs is 1. The molecular formula is C15H19NO3. The number of nitrogens with zero attached hydrogens (tertiary/aromatic N) is 1. The quantitative estimate of drug-likeness (QED) is 0.814. The van der Waals surface area contributed by atoms with Crippen LogP contribution in [0.3, 0.4) is 0 Å². The molecule has 102 valence electrons. The van der Waals surface area contributed by atoms with Crippen molar-refractivity contribution < 1.29 is 14.3 Å². The smallest absolute Gasteiger partial charge is 0.249 e. The Bertz CT molecular complexity index is 448. The molecule has 4 heteroatoms. The summed E-state index contributed by atoms with van der Waals surface area (Å²) in [6, 6.07) is 10.4.